The first-order valence-corrected chi connectivity index (χ1v) is 11.5. The van der Waals surface area contributed by atoms with E-state index in [1.54, 1.807) is 24.3 Å². The third-order valence-electron chi connectivity index (χ3n) is 5.10. The molecule has 0 radical (unpaired) electrons. The first-order chi connectivity index (χ1) is 15.3. The van der Waals surface area contributed by atoms with Crippen molar-refractivity contribution in [1.82, 2.24) is 14.8 Å². The second-order valence-corrected chi connectivity index (χ2v) is 8.51. The summed E-state index contributed by atoms with van der Waals surface area (Å²) >= 11 is 1.31. The van der Waals surface area contributed by atoms with E-state index in [0.717, 1.165) is 5.75 Å². The van der Waals surface area contributed by atoms with Gasteiger partial charge in [-0.15, -0.1) is 10.2 Å². The third kappa shape index (κ3) is 5.76. The Balaban J connectivity index is 1.64. The van der Waals surface area contributed by atoms with Gasteiger partial charge < -0.3 is 14.6 Å². The van der Waals surface area contributed by atoms with E-state index in [9.17, 15) is 9.59 Å². The van der Waals surface area contributed by atoms with Gasteiger partial charge in [0.25, 0.3) is 0 Å². The monoisotopic (exact) mass is 452 g/mol. The molecule has 168 valence electrons. The molecule has 1 atom stereocenters. The van der Waals surface area contributed by atoms with Crippen molar-refractivity contribution >= 4 is 29.1 Å². The molecular weight excluding hydrogens is 424 g/mol. The first kappa shape index (κ1) is 23.5. The molecule has 7 nitrogen and oxygen atoms in total. The number of hydrogen-bond donors (Lipinski definition) is 1. The highest BCUT2D eigenvalue weighted by Crippen LogP contribution is 2.26. The molecule has 8 heteroatoms. The number of aryl methyl sites for hydroxylation is 2. The van der Waals surface area contributed by atoms with Crippen molar-refractivity contribution in [2.24, 2.45) is 0 Å². The fourth-order valence-electron chi connectivity index (χ4n) is 3.19. The van der Waals surface area contributed by atoms with Crippen LogP contribution in [-0.4, -0.2) is 32.2 Å². The van der Waals surface area contributed by atoms with E-state index in [-0.39, 0.29) is 23.5 Å². The predicted octanol–water partition coefficient (Wildman–Crippen LogP) is 4.99. The molecule has 0 bridgehead atoms. The first-order valence-electron chi connectivity index (χ1n) is 10.5. The van der Waals surface area contributed by atoms with E-state index < -0.39 is 0 Å². The molecule has 0 fully saturated rings. The summed E-state index contributed by atoms with van der Waals surface area (Å²) in [4.78, 5) is 23.9. The Bertz CT molecular complexity index is 1130. The van der Waals surface area contributed by atoms with Crippen molar-refractivity contribution in [2.45, 2.75) is 52.4 Å². The lowest BCUT2D eigenvalue weighted by Gasteiger charge is -2.16. The second kappa shape index (κ2) is 10.5. The molecule has 1 unspecified atom stereocenters. The Morgan fingerprint density at radius 1 is 1.12 bits per heavy atom. The fraction of sp³-hybridized carbons (Fsp3) is 0.333. The molecular formula is C24H28N4O3S. The number of nitrogens with one attached hydrogen (secondary N) is 1. The average Bonchev–Trinajstić information content (AvgIpc) is 3.18. The number of carbonyl (C=O) groups excluding carboxylic acids is 2. The molecule has 2 aromatic carbocycles. The number of ketones is 1. The molecule has 0 aliphatic heterocycles. The minimum atomic E-state index is -0.290. The van der Waals surface area contributed by atoms with Crippen molar-refractivity contribution in [1.29, 1.82) is 0 Å². The molecule has 1 aromatic heterocycles. The van der Waals surface area contributed by atoms with Gasteiger partial charge in [0.2, 0.25) is 5.91 Å². The largest absolute Gasteiger partial charge is 0.483 e. The van der Waals surface area contributed by atoms with Crippen LogP contribution >= 0.6 is 11.8 Å². The van der Waals surface area contributed by atoms with Gasteiger partial charge in [-0.05, 0) is 70.0 Å². The molecule has 0 aliphatic carbocycles. The van der Waals surface area contributed by atoms with Gasteiger partial charge >= 0.3 is 0 Å². The van der Waals surface area contributed by atoms with Gasteiger partial charge in [-0.2, -0.15) is 0 Å². The predicted molar refractivity (Wildman–Crippen MR) is 126 cm³/mol. The van der Waals surface area contributed by atoms with Gasteiger partial charge in [-0.1, -0.05) is 30.0 Å². The Kier molecular flexibility index (Phi) is 7.69. The topological polar surface area (TPSA) is 86.1 Å². The summed E-state index contributed by atoms with van der Waals surface area (Å²) in [5.74, 6) is 1.45. The maximum Gasteiger partial charge on any atom is 0.234 e. The van der Waals surface area contributed by atoms with Gasteiger partial charge in [0.15, 0.2) is 22.9 Å². The van der Waals surface area contributed by atoms with Crippen LogP contribution in [0.5, 0.6) is 5.75 Å². The van der Waals surface area contributed by atoms with Crippen LogP contribution in [0.1, 0.15) is 54.2 Å². The highest BCUT2D eigenvalue weighted by molar-refractivity contribution is 7.99. The lowest BCUT2D eigenvalue weighted by Crippen LogP contribution is -2.15. The van der Waals surface area contributed by atoms with Crippen molar-refractivity contribution in [3.05, 3.63) is 65.0 Å². The quantitative estimate of drug-likeness (QED) is 0.364. The minimum absolute atomic E-state index is 0.0452. The van der Waals surface area contributed by atoms with Crippen LogP contribution in [0.15, 0.2) is 47.6 Å². The van der Waals surface area contributed by atoms with Crippen molar-refractivity contribution in [3.63, 3.8) is 0 Å². The van der Waals surface area contributed by atoms with Gasteiger partial charge in [0.1, 0.15) is 5.75 Å². The third-order valence-corrected chi connectivity index (χ3v) is 6.07. The van der Waals surface area contributed by atoms with E-state index in [1.807, 2.05) is 36.6 Å². The summed E-state index contributed by atoms with van der Waals surface area (Å²) in [5.41, 5.74) is 3.54. The Morgan fingerprint density at radius 2 is 1.91 bits per heavy atom. The number of thioether (sulfide) groups is 1. The number of amides is 1. The lowest BCUT2D eigenvalue weighted by atomic mass is 10.1. The number of nitrogens with zero attached hydrogens (tertiary/aromatic N) is 3. The molecule has 32 heavy (non-hydrogen) atoms. The summed E-state index contributed by atoms with van der Waals surface area (Å²) in [6, 6.07) is 12.9. The van der Waals surface area contributed by atoms with Crippen LogP contribution in [0.25, 0.3) is 0 Å². The van der Waals surface area contributed by atoms with E-state index >= 15 is 0 Å². The minimum Gasteiger partial charge on any atom is -0.483 e. The highest BCUT2D eigenvalue weighted by Gasteiger charge is 2.19. The molecule has 3 rings (SSSR count). The van der Waals surface area contributed by atoms with Crippen molar-refractivity contribution in [2.75, 3.05) is 11.1 Å². The zero-order valence-corrected chi connectivity index (χ0v) is 19.8. The number of ether oxygens (including phenoxy) is 1. The number of hydrogen-bond acceptors (Lipinski definition) is 6. The van der Waals surface area contributed by atoms with Crippen LogP contribution in [0.3, 0.4) is 0 Å². The normalized spacial score (nSPS) is 11.8. The van der Waals surface area contributed by atoms with E-state index in [0.29, 0.717) is 28.8 Å². The maximum absolute atomic E-state index is 12.4. The number of anilines is 1. The molecule has 0 saturated heterocycles. The molecule has 0 saturated carbocycles. The summed E-state index contributed by atoms with van der Waals surface area (Å²) in [6.45, 7) is 10.2. The summed E-state index contributed by atoms with van der Waals surface area (Å²) in [7, 11) is 0. The number of Topliss-reactive ketones (excluding diaryl/α,β-unsaturated/α-hetero) is 1. The van der Waals surface area contributed by atoms with E-state index in [2.05, 4.69) is 29.4 Å². The fourth-order valence-corrected chi connectivity index (χ4v) is 4.00. The number of aromatic nitrogens is 3. The van der Waals surface area contributed by atoms with Crippen LogP contribution in [0, 0.1) is 13.8 Å². The smallest absolute Gasteiger partial charge is 0.234 e. The van der Waals surface area contributed by atoms with Gasteiger partial charge in [-0.3, -0.25) is 9.59 Å². The number of rotatable bonds is 9. The van der Waals surface area contributed by atoms with Crippen LogP contribution in [0.4, 0.5) is 5.69 Å². The summed E-state index contributed by atoms with van der Waals surface area (Å²) in [5, 5.41) is 12.1. The molecule has 0 spiro atoms. The summed E-state index contributed by atoms with van der Waals surface area (Å²) < 4.78 is 8.05. The van der Waals surface area contributed by atoms with Crippen molar-refractivity contribution < 1.29 is 14.3 Å². The molecule has 0 aliphatic rings. The number of benzene rings is 2. The van der Waals surface area contributed by atoms with E-state index in [4.69, 9.17) is 4.74 Å². The molecule has 1 heterocycles. The standard InChI is InChI=1S/C24H28N4O3S/c1-6-28-23(18(5)31-21-11-10-15(2)16(3)12-21)26-27-24(28)32-14-22(30)25-20-9-7-8-19(13-20)17(4)29/h7-13,18H,6,14H2,1-5H3,(H,25,30). The SMILES string of the molecule is CCn1c(SCC(=O)Nc2cccc(C(C)=O)c2)nnc1C(C)Oc1ccc(C)c(C)c1. The van der Waals surface area contributed by atoms with E-state index in [1.165, 1.54) is 29.8 Å². The van der Waals surface area contributed by atoms with Crippen molar-refractivity contribution in [3.8, 4) is 5.75 Å². The van der Waals surface area contributed by atoms with Crippen LogP contribution < -0.4 is 10.1 Å². The van der Waals surface area contributed by atoms with Crippen LogP contribution in [-0.2, 0) is 11.3 Å². The molecule has 1 N–H and O–H groups in total. The maximum atomic E-state index is 12.4. The van der Waals surface area contributed by atoms with Gasteiger partial charge in [-0.25, -0.2) is 0 Å². The zero-order chi connectivity index (χ0) is 23.3. The molecule has 3 aromatic rings. The average molecular weight is 453 g/mol. The van der Waals surface area contributed by atoms with Gasteiger partial charge in [0.05, 0.1) is 5.75 Å². The Labute approximate surface area is 192 Å². The highest BCUT2D eigenvalue weighted by atomic mass is 32.2. The second-order valence-electron chi connectivity index (χ2n) is 7.57. The zero-order valence-electron chi connectivity index (χ0n) is 19.0. The Morgan fingerprint density at radius 3 is 2.59 bits per heavy atom. The lowest BCUT2D eigenvalue weighted by molar-refractivity contribution is -0.113. The van der Waals surface area contributed by atoms with Crippen LogP contribution in [0.2, 0.25) is 0 Å². The Hall–Kier alpha value is -3.13. The number of carbonyl (C=O) groups is 2. The summed E-state index contributed by atoms with van der Waals surface area (Å²) in [6.07, 6.45) is -0.290. The molecule has 1 amide bonds. The van der Waals surface area contributed by atoms with Gasteiger partial charge in [0, 0.05) is 17.8 Å².